The minimum absolute atomic E-state index is 0.135. The SMILES string of the molecule is CC[C@H](Oc1ccc(Cl)cc1)C(=O)Nc1nnc(SCC(=O)OC)s1. The highest BCUT2D eigenvalue weighted by Gasteiger charge is 2.20. The molecule has 0 fully saturated rings. The number of halogens is 1. The Morgan fingerprint density at radius 3 is 2.68 bits per heavy atom. The highest BCUT2D eigenvalue weighted by molar-refractivity contribution is 8.01. The number of ether oxygens (including phenoxy) is 2. The van der Waals surface area contributed by atoms with Crippen LogP contribution in [-0.4, -0.2) is 41.0 Å². The molecule has 7 nitrogen and oxygen atoms in total. The summed E-state index contributed by atoms with van der Waals surface area (Å²) < 4.78 is 10.8. The minimum atomic E-state index is -0.670. The monoisotopic (exact) mass is 401 g/mol. The summed E-state index contributed by atoms with van der Waals surface area (Å²) in [5.41, 5.74) is 0. The third kappa shape index (κ3) is 6.18. The van der Waals surface area contributed by atoms with E-state index in [1.165, 1.54) is 30.2 Å². The van der Waals surface area contributed by atoms with E-state index in [2.05, 4.69) is 20.3 Å². The molecule has 0 saturated carbocycles. The Balaban J connectivity index is 1.91. The summed E-state index contributed by atoms with van der Waals surface area (Å²) in [6.07, 6.45) is -0.187. The molecule has 1 aromatic heterocycles. The van der Waals surface area contributed by atoms with Crippen LogP contribution in [0.4, 0.5) is 5.13 Å². The Kier molecular flexibility index (Phi) is 7.48. The fourth-order valence-corrected chi connectivity index (χ4v) is 3.40. The standard InChI is InChI=1S/C15H16ClN3O4S2/c1-3-11(23-10-6-4-9(16)5-7-10)13(21)17-14-18-19-15(25-14)24-8-12(20)22-2/h4-7,11H,3,8H2,1-2H3,(H,17,18,21)/t11-/m0/s1. The molecule has 1 heterocycles. The van der Waals surface area contributed by atoms with Crippen LogP contribution in [0, 0.1) is 0 Å². The van der Waals surface area contributed by atoms with Crippen molar-refractivity contribution in [2.24, 2.45) is 0 Å². The molecule has 2 aromatic rings. The molecule has 0 aliphatic carbocycles. The van der Waals surface area contributed by atoms with Gasteiger partial charge in [-0.05, 0) is 30.7 Å². The van der Waals surface area contributed by atoms with E-state index in [0.29, 0.717) is 26.7 Å². The third-order valence-electron chi connectivity index (χ3n) is 2.93. The Bertz CT molecular complexity index is 724. The lowest BCUT2D eigenvalue weighted by Crippen LogP contribution is -2.32. The van der Waals surface area contributed by atoms with Gasteiger partial charge in [-0.25, -0.2) is 0 Å². The van der Waals surface area contributed by atoms with E-state index in [-0.39, 0.29) is 17.6 Å². The number of thioether (sulfide) groups is 1. The molecule has 0 radical (unpaired) electrons. The van der Waals surface area contributed by atoms with Crippen LogP contribution >= 0.6 is 34.7 Å². The van der Waals surface area contributed by atoms with E-state index < -0.39 is 6.10 Å². The first-order valence-corrected chi connectivity index (χ1v) is 9.46. The van der Waals surface area contributed by atoms with E-state index in [0.717, 1.165) is 0 Å². The molecule has 1 aromatic carbocycles. The zero-order chi connectivity index (χ0) is 18.2. The average molecular weight is 402 g/mol. The lowest BCUT2D eigenvalue weighted by Gasteiger charge is -2.16. The number of nitrogens with one attached hydrogen (secondary N) is 1. The third-order valence-corrected chi connectivity index (χ3v) is 5.13. The van der Waals surface area contributed by atoms with Gasteiger partial charge in [-0.2, -0.15) is 0 Å². The van der Waals surface area contributed by atoms with Crippen molar-refractivity contribution in [1.29, 1.82) is 0 Å². The minimum Gasteiger partial charge on any atom is -0.481 e. The fourth-order valence-electron chi connectivity index (χ4n) is 1.68. The second-order valence-corrected chi connectivity index (χ2v) is 7.33. The maximum Gasteiger partial charge on any atom is 0.316 e. The molecule has 0 spiro atoms. The molecule has 0 bridgehead atoms. The number of carbonyl (C=O) groups excluding carboxylic acids is 2. The van der Waals surface area contributed by atoms with Gasteiger partial charge in [0.05, 0.1) is 12.9 Å². The molecule has 1 N–H and O–H groups in total. The first kappa shape index (κ1) is 19.5. The van der Waals surface area contributed by atoms with Crippen LogP contribution in [0.15, 0.2) is 28.6 Å². The first-order valence-electron chi connectivity index (χ1n) is 7.28. The quantitative estimate of drug-likeness (QED) is 0.412. The first-order chi connectivity index (χ1) is 12.0. The smallest absolute Gasteiger partial charge is 0.316 e. The van der Waals surface area contributed by atoms with Crippen molar-refractivity contribution >= 4 is 51.7 Å². The van der Waals surface area contributed by atoms with Crippen molar-refractivity contribution in [3.8, 4) is 5.75 Å². The maximum atomic E-state index is 12.3. The zero-order valence-corrected chi connectivity index (χ0v) is 15.9. The number of anilines is 1. The van der Waals surface area contributed by atoms with Crippen molar-refractivity contribution in [3.05, 3.63) is 29.3 Å². The maximum absolute atomic E-state index is 12.3. The molecular formula is C15H16ClN3O4S2. The number of methoxy groups -OCH3 is 1. The van der Waals surface area contributed by atoms with Crippen molar-refractivity contribution in [2.45, 2.75) is 23.8 Å². The van der Waals surface area contributed by atoms with Gasteiger partial charge in [-0.1, -0.05) is 41.6 Å². The molecule has 1 atom stereocenters. The zero-order valence-electron chi connectivity index (χ0n) is 13.5. The van der Waals surface area contributed by atoms with Crippen LogP contribution < -0.4 is 10.1 Å². The number of carbonyl (C=O) groups is 2. The number of aromatic nitrogens is 2. The topological polar surface area (TPSA) is 90.4 Å². The van der Waals surface area contributed by atoms with Crippen LogP contribution in [0.25, 0.3) is 0 Å². The van der Waals surface area contributed by atoms with Gasteiger partial charge in [0.15, 0.2) is 10.4 Å². The fraction of sp³-hybridized carbons (Fsp3) is 0.333. The van der Waals surface area contributed by atoms with E-state index >= 15 is 0 Å². The van der Waals surface area contributed by atoms with Gasteiger partial charge < -0.3 is 9.47 Å². The number of hydrogen-bond acceptors (Lipinski definition) is 8. The summed E-state index contributed by atoms with van der Waals surface area (Å²) >= 11 is 8.20. The van der Waals surface area contributed by atoms with E-state index in [1.54, 1.807) is 24.3 Å². The lowest BCUT2D eigenvalue weighted by molar-refractivity contribution is -0.137. The molecule has 25 heavy (non-hydrogen) atoms. The number of nitrogens with zero attached hydrogens (tertiary/aromatic N) is 2. The predicted octanol–water partition coefficient (Wildman–Crippen LogP) is 3.25. The highest BCUT2D eigenvalue weighted by Crippen LogP contribution is 2.26. The van der Waals surface area contributed by atoms with Gasteiger partial charge >= 0.3 is 5.97 Å². The molecule has 1 amide bonds. The van der Waals surface area contributed by atoms with Crippen LogP contribution in [-0.2, 0) is 14.3 Å². The van der Waals surface area contributed by atoms with Crippen LogP contribution in [0.1, 0.15) is 13.3 Å². The van der Waals surface area contributed by atoms with Crippen LogP contribution in [0.2, 0.25) is 5.02 Å². The van der Waals surface area contributed by atoms with Crippen LogP contribution in [0.5, 0.6) is 5.75 Å². The molecule has 0 unspecified atom stereocenters. The number of benzene rings is 1. The van der Waals surface area contributed by atoms with E-state index in [4.69, 9.17) is 16.3 Å². The van der Waals surface area contributed by atoms with Gasteiger partial charge in [0.2, 0.25) is 5.13 Å². The number of amides is 1. The molecule has 10 heteroatoms. The molecule has 134 valence electrons. The summed E-state index contributed by atoms with van der Waals surface area (Å²) in [7, 11) is 1.32. The summed E-state index contributed by atoms with van der Waals surface area (Å²) in [4.78, 5) is 23.4. The van der Waals surface area contributed by atoms with Crippen LogP contribution in [0.3, 0.4) is 0 Å². The molecular weight excluding hydrogens is 386 g/mol. The second-order valence-electron chi connectivity index (χ2n) is 4.70. The Morgan fingerprint density at radius 2 is 2.04 bits per heavy atom. The predicted molar refractivity (Wildman–Crippen MR) is 97.4 cm³/mol. The Hall–Kier alpha value is -1.84. The largest absolute Gasteiger partial charge is 0.481 e. The molecule has 0 aliphatic heterocycles. The Morgan fingerprint density at radius 1 is 1.32 bits per heavy atom. The van der Waals surface area contributed by atoms with E-state index in [1.807, 2.05) is 6.92 Å². The molecule has 0 saturated heterocycles. The second kappa shape index (κ2) is 9.59. The lowest BCUT2D eigenvalue weighted by atomic mass is 10.2. The van der Waals surface area contributed by atoms with Gasteiger partial charge in [-0.15, -0.1) is 10.2 Å². The van der Waals surface area contributed by atoms with Gasteiger partial charge in [0.1, 0.15) is 5.75 Å². The summed E-state index contributed by atoms with van der Waals surface area (Å²) in [5, 5.41) is 11.4. The Labute approximate surface area is 158 Å². The number of hydrogen-bond donors (Lipinski definition) is 1. The molecule has 2 rings (SSSR count). The summed E-state index contributed by atoms with van der Waals surface area (Å²) in [6.45, 7) is 1.85. The number of esters is 1. The van der Waals surface area contributed by atoms with Crippen molar-refractivity contribution < 1.29 is 19.1 Å². The summed E-state index contributed by atoms with van der Waals surface area (Å²) in [6, 6.07) is 6.78. The van der Waals surface area contributed by atoms with Gasteiger partial charge in [0, 0.05) is 5.02 Å². The summed E-state index contributed by atoms with van der Waals surface area (Å²) in [5.74, 6) is 0.0142. The highest BCUT2D eigenvalue weighted by atomic mass is 35.5. The van der Waals surface area contributed by atoms with E-state index in [9.17, 15) is 9.59 Å². The van der Waals surface area contributed by atoms with Crippen molar-refractivity contribution in [1.82, 2.24) is 10.2 Å². The molecule has 0 aliphatic rings. The van der Waals surface area contributed by atoms with Crippen molar-refractivity contribution in [2.75, 3.05) is 18.2 Å². The van der Waals surface area contributed by atoms with Gasteiger partial charge in [-0.3, -0.25) is 14.9 Å². The number of rotatable bonds is 8. The average Bonchev–Trinajstić information content (AvgIpc) is 3.06. The normalized spacial score (nSPS) is 11.6. The van der Waals surface area contributed by atoms with Crippen molar-refractivity contribution in [3.63, 3.8) is 0 Å². The van der Waals surface area contributed by atoms with Gasteiger partial charge in [0.25, 0.3) is 5.91 Å².